The van der Waals surface area contributed by atoms with E-state index in [1.165, 1.54) is 6.33 Å². The standard InChI is InChI=1S/C20H19N3O3/c1-15-12-19(22-14-21-15)23-16-6-5-9-18(13-16)26-20(24)10-11-25-17-7-3-2-4-8-17/h2-9,12-14H,10-11H2,1H3,(H,21,22,23). The van der Waals surface area contributed by atoms with Gasteiger partial charge in [0.2, 0.25) is 0 Å². The number of ether oxygens (including phenoxy) is 2. The number of aromatic nitrogens is 2. The van der Waals surface area contributed by atoms with Crippen molar-refractivity contribution in [1.82, 2.24) is 9.97 Å². The molecule has 3 rings (SSSR count). The molecule has 6 nitrogen and oxygen atoms in total. The van der Waals surface area contributed by atoms with Crippen molar-refractivity contribution in [2.45, 2.75) is 13.3 Å². The summed E-state index contributed by atoms with van der Waals surface area (Å²) in [4.78, 5) is 20.2. The van der Waals surface area contributed by atoms with Crippen LogP contribution in [-0.2, 0) is 4.79 Å². The molecule has 0 saturated carbocycles. The maximum Gasteiger partial charge on any atom is 0.314 e. The maximum atomic E-state index is 12.0. The van der Waals surface area contributed by atoms with Crippen molar-refractivity contribution in [2.75, 3.05) is 11.9 Å². The van der Waals surface area contributed by atoms with Crippen LogP contribution in [0.5, 0.6) is 11.5 Å². The van der Waals surface area contributed by atoms with Gasteiger partial charge in [-0.05, 0) is 31.2 Å². The van der Waals surface area contributed by atoms with E-state index < -0.39 is 0 Å². The molecule has 0 bridgehead atoms. The second-order valence-electron chi connectivity index (χ2n) is 5.58. The van der Waals surface area contributed by atoms with Gasteiger partial charge in [-0.2, -0.15) is 0 Å². The summed E-state index contributed by atoms with van der Waals surface area (Å²) >= 11 is 0. The van der Waals surface area contributed by atoms with Crippen molar-refractivity contribution in [3.63, 3.8) is 0 Å². The second-order valence-corrected chi connectivity index (χ2v) is 5.58. The highest BCUT2D eigenvalue weighted by Gasteiger charge is 2.07. The van der Waals surface area contributed by atoms with Gasteiger partial charge in [-0.3, -0.25) is 4.79 Å². The number of carbonyl (C=O) groups is 1. The fourth-order valence-electron chi connectivity index (χ4n) is 2.26. The number of carbonyl (C=O) groups excluding carboxylic acids is 1. The normalized spacial score (nSPS) is 10.2. The Balaban J connectivity index is 1.52. The SMILES string of the molecule is Cc1cc(Nc2cccc(OC(=O)CCOc3ccccc3)c2)ncn1. The van der Waals surface area contributed by atoms with Crippen LogP contribution in [-0.4, -0.2) is 22.5 Å². The van der Waals surface area contributed by atoms with Gasteiger partial charge in [-0.15, -0.1) is 0 Å². The smallest absolute Gasteiger partial charge is 0.314 e. The summed E-state index contributed by atoms with van der Waals surface area (Å²) < 4.78 is 10.9. The molecule has 0 spiro atoms. The molecular weight excluding hydrogens is 330 g/mol. The van der Waals surface area contributed by atoms with Crippen molar-refractivity contribution in [1.29, 1.82) is 0 Å². The fourth-order valence-corrected chi connectivity index (χ4v) is 2.26. The molecule has 6 heteroatoms. The minimum absolute atomic E-state index is 0.164. The minimum Gasteiger partial charge on any atom is -0.493 e. The van der Waals surface area contributed by atoms with Crippen molar-refractivity contribution < 1.29 is 14.3 Å². The summed E-state index contributed by atoms with van der Waals surface area (Å²) in [6.45, 7) is 2.16. The number of esters is 1. The zero-order valence-corrected chi connectivity index (χ0v) is 14.4. The molecule has 0 fully saturated rings. The molecular formula is C20H19N3O3. The van der Waals surface area contributed by atoms with Crippen molar-refractivity contribution >= 4 is 17.5 Å². The summed E-state index contributed by atoms with van der Waals surface area (Å²) in [7, 11) is 0. The number of nitrogens with zero attached hydrogens (tertiary/aromatic N) is 2. The van der Waals surface area contributed by atoms with Gasteiger partial charge in [-0.25, -0.2) is 9.97 Å². The van der Waals surface area contributed by atoms with Crippen LogP contribution in [0.3, 0.4) is 0 Å². The van der Waals surface area contributed by atoms with E-state index in [2.05, 4.69) is 15.3 Å². The maximum absolute atomic E-state index is 12.0. The minimum atomic E-state index is -0.351. The lowest BCUT2D eigenvalue weighted by Crippen LogP contribution is -2.12. The Kier molecular flexibility index (Phi) is 5.77. The van der Waals surface area contributed by atoms with E-state index in [1.807, 2.05) is 49.4 Å². The highest BCUT2D eigenvalue weighted by atomic mass is 16.5. The van der Waals surface area contributed by atoms with Crippen LogP contribution in [0, 0.1) is 6.92 Å². The zero-order valence-electron chi connectivity index (χ0n) is 14.4. The number of para-hydroxylation sites is 1. The first-order valence-electron chi connectivity index (χ1n) is 8.23. The molecule has 0 aliphatic heterocycles. The molecule has 0 radical (unpaired) electrons. The Labute approximate surface area is 151 Å². The predicted molar refractivity (Wildman–Crippen MR) is 98.7 cm³/mol. The van der Waals surface area contributed by atoms with Gasteiger partial charge < -0.3 is 14.8 Å². The van der Waals surface area contributed by atoms with Crippen LogP contribution < -0.4 is 14.8 Å². The Hall–Kier alpha value is -3.41. The molecule has 0 atom stereocenters. The van der Waals surface area contributed by atoms with Gasteiger partial charge in [-0.1, -0.05) is 24.3 Å². The van der Waals surface area contributed by atoms with E-state index in [-0.39, 0.29) is 19.0 Å². The molecule has 1 N–H and O–H groups in total. The first-order valence-corrected chi connectivity index (χ1v) is 8.23. The van der Waals surface area contributed by atoms with E-state index >= 15 is 0 Å². The average Bonchev–Trinajstić information content (AvgIpc) is 2.63. The number of benzene rings is 2. The third-order valence-electron chi connectivity index (χ3n) is 3.46. The van der Waals surface area contributed by atoms with E-state index in [4.69, 9.17) is 9.47 Å². The van der Waals surface area contributed by atoms with Gasteiger partial charge in [0.05, 0.1) is 13.0 Å². The Morgan fingerprint density at radius 1 is 1.00 bits per heavy atom. The van der Waals surface area contributed by atoms with Crippen LogP contribution in [0.25, 0.3) is 0 Å². The lowest BCUT2D eigenvalue weighted by molar-refractivity contribution is -0.134. The number of hydrogen-bond acceptors (Lipinski definition) is 6. The highest BCUT2D eigenvalue weighted by molar-refractivity contribution is 5.73. The summed E-state index contributed by atoms with van der Waals surface area (Å²) in [5.41, 5.74) is 1.64. The molecule has 1 heterocycles. The van der Waals surface area contributed by atoms with Crippen molar-refractivity contribution in [2.24, 2.45) is 0 Å². The van der Waals surface area contributed by atoms with E-state index in [1.54, 1.807) is 18.2 Å². The molecule has 1 aromatic heterocycles. The van der Waals surface area contributed by atoms with Crippen molar-refractivity contribution in [3.05, 3.63) is 72.7 Å². The lowest BCUT2D eigenvalue weighted by Gasteiger charge is -2.09. The topological polar surface area (TPSA) is 73.3 Å². The number of aryl methyl sites for hydroxylation is 1. The molecule has 0 saturated heterocycles. The monoisotopic (exact) mass is 349 g/mol. The lowest BCUT2D eigenvalue weighted by atomic mass is 10.3. The third-order valence-corrected chi connectivity index (χ3v) is 3.46. The summed E-state index contributed by atoms with van der Waals surface area (Å²) in [6.07, 6.45) is 1.66. The van der Waals surface area contributed by atoms with Crippen LogP contribution in [0.15, 0.2) is 67.0 Å². The Morgan fingerprint density at radius 3 is 2.62 bits per heavy atom. The number of rotatable bonds is 7. The molecule has 26 heavy (non-hydrogen) atoms. The van der Waals surface area contributed by atoms with Gasteiger partial charge in [0.1, 0.15) is 23.6 Å². The fraction of sp³-hybridized carbons (Fsp3) is 0.150. The van der Waals surface area contributed by atoms with Crippen LogP contribution in [0.1, 0.15) is 12.1 Å². The van der Waals surface area contributed by atoms with E-state index in [9.17, 15) is 4.79 Å². The Bertz CT molecular complexity index is 869. The summed E-state index contributed by atoms with van der Waals surface area (Å²) in [5.74, 6) is 1.52. The van der Waals surface area contributed by atoms with Gasteiger partial charge in [0.25, 0.3) is 0 Å². The van der Waals surface area contributed by atoms with Crippen molar-refractivity contribution in [3.8, 4) is 11.5 Å². The summed E-state index contributed by atoms with van der Waals surface area (Å²) in [6, 6.07) is 18.3. The van der Waals surface area contributed by atoms with E-state index in [0.29, 0.717) is 11.6 Å². The molecule has 132 valence electrons. The molecule has 0 unspecified atom stereocenters. The zero-order chi connectivity index (χ0) is 18.2. The van der Waals surface area contributed by atoms with Gasteiger partial charge in [0.15, 0.2) is 0 Å². The molecule has 0 aliphatic carbocycles. The molecule has 2 aromatic carbocycles. The summed E-state index contributed by atoms with van der Waals surface area (Å²) in [5, 5.41) is 3.16. The van der Waals surface area contributed by atoms with Gasteiger partial charge in [0, 0.05) is 23.5 Å². The molecule has 0 aliphatic rings. The van der Waals surface area contributed by atoms with Crippen LogP contribution >= 0.6 is 0 Å². The highest BCUT2D eigenvalue weighted by Crippen LogP contribution is 2.21. The van der Waals surface area contributed by atoms with Crippen LogP contribution in [0.2, 0.25) is 0 Å². The second kappa shape index (κ2) is 8.62. The average molecular weight is 349 g/mol. The largest absolute Gasteiger partial charge is 0.493 e. The van der Waals surface area contributed by atoms with E-state index in [0.717, 1.165) is 17.1 Å². The van der Waals surface area contributed by atoms with Gasteiger partial charge >= 0.3 is 5.97 Å². The number of nitrogens with one attached hydrogen (secondary N) is 1. The first-order chi connectivity index (χ1) is 12.7. The predicted octanol–water partition coefficient (Wildman–Crippen LogP) is 3.90. The number of hydrogen-bond donors (Lipinski definition) is 1. The van der Waals surface area contributed by atoms with Crippen LogP contribution in [0.4, 0.5) is 11.5 Å². The Morgan fingerprint density at radius 2 is 1.81 bits per heavy atom. The number of anilines is 2. The quantitative estimate of drug-likeness (QED) is 0.515. The molecule has 0 amide bonds. The molecule has 3 aromatic rings. The third kappa shape index (κ3) is 5.31. The first kappa shape index (κ1) is 17.4.